The van der Waals surface area contributed by atoms with Crippen molar-refractivity contribution >= 4 is 17.3 Å². The summed E-state index contributed by atoms with van der Waals surface area (Å²) in [7, 11) is 1.58. The zero-order valence-corrected chi connectivity index (χ0v) is 11.9. The van der Waals surface area contributed by atoms with Crippen LogP contribution in [0.4, 0.5) is 5.69 Å². The molecule has 1 aromatic heterocycles. The lowest BCUT2D eigenvalue weighted by Gasteiger charge is -2.10. The van der Waals surface area contributed by atoms with Crippen LogP contribution in [0.15, 0.2) is 42.5 Å². The Morgan fingerprint density at radius 2 is 2.00 bits per heavy atom. The van der Waals surface area contributed by atoms with Crippen molar-refractivity contribution in [3.63, 3.8) is 0 Å². The van der Waals surface area contributed by atoms with E-state index in [0.29, 0.717) is 33.5 Å². The van der Waals surface area contributed by atoms with Crippen molar-refractivity contribution in [3.05, 3.63) is 47.5 Å². The molecule has 0 unspecified atom stereocenters. The number of tetrazole rings is 1. The van der Waals surface area contributed by atoms with Crippen molar-refractivity contribution in [2.75, 3.05) is 12.8 Å². The van der Waals surface area contributed by atoms with Gasteiger partial charge in [0.25, 0.3) is 0 Å². The summed E-state index contributed by atoms with van der Waals surface area (Å²) in [6.07, 6.45) is 0. The summed E-state index contributed by atoms with van der Waals surface area (Å²) in [4.78, 5) is 0. The number of aromatic nitrogens is 4. The van der Waals surface area contributed by atoms with Crippen molar-refractivity contribution in [2.45, 2.75) is 0 Å². The highest BCUT2D eigenvalue weighted by atomic mass is 35.5. The molecule has 0 fully saturated rings. The van der Waals surface area contributed by atoms with E-state index in [1.165, 1.54) is 0 Å². The molecule has 106 valence electrons. The fraction of sp³-hybridized carbons (Fsp3) is 0.0714. The summed E-state index contributed by atoms with van der Waals surface area (Å²) in [5.41, 5.74) is 7.82. The second kappa shape index (κ2) is 5.41. The lowest BCUT2D eigenvalue weighted by atomic mass is 10.1. The molecule has 3 aromatic rings. The molecule has 0 saturated carbocycles. The largest absolute Gasteiger partial charge is 0.496 e. The highest BCUT2D eigenvalue weighted by molar-refractivity contribution is 6.32. The van der Waals surface area contributed by atoms with Crippen molar-refractivity contribution in [3.8, 4) is 22.8 Å². The topological polar surface area (TPSA) is 78.8 Å². The fourth-order valence-corrected chi connectivity index (χ4v) is 2.26. The van der Waals surface area contributed by atoms with Gasteiger partial charge in [-0.15, -0.1) is 5.10 Å². The lowest BCUT2D eigenvalue weighted by Crippen LogP contribution is -2.02. The van der Waals surface area contributed by atoms with E-state index < -0.39 is 0 Å². The third-order valence-corrected chi connectivity index (χ3v) is 3.33. The molecule has 0 aliphatic carbocycles. The first-order valence-electron chi connectivity index (χ1n) is 6.18. The first-order chi connectivity index (χ1) is 10.2. The Kier molecular flexibility index (Phi) is 3.45. The number of hydrogen-bond donors (Lipinski definition) is 1. The van der Waals surface area contributed by atoms with E-state index in [0.717, 1.165) is 0 Å². The smallest absolute Gasteiger partial charge is 0.190 e. The molecule has 0 aliphatic rings. The SMILES string of the molecule is COc1ccc(N)cc1-c1nnnn1-c1ccccc1Cl. The van der Waals surface area contributed by atoms with E-state index >= 15 is 0 Å². The number of nitrogens with two attached hydrogens (primary N) is 1. The van der Waals surface area contributed by atoms with Crippen molar-refractivity contribution < 1.29 is 4.74 Å². The minimum absolute atomic E-state index is 0.507. The van der Waals surface area contributed by atoms with Crippen LogP contribution < -0.4 is 10.5 Å². The van der Waals surface area contributed by atoms with Crippen LogP contribution >= 0.6 is 11.6 Å². The standard InChI is InChI=1S/C14H12ClN5O/c1-21-13-7-6-9(16)8-10(13)14-17-18-19-20(14)12-5-3-2-4-11(12)15/h2-8H,16H2,1H3. The fourth-order valence-electron chi connectivity index (χ4n) is 2.04. The number of methoxy groups -OCH3 is 1. The molecule has 0 radical (unpaired) electrons. The average molecular weight is 302 g/mol. The first kappa shape index (κ1) is 13.4. The molecular weight excluding hydrogens is 290 g/mol. The highest BCUT2D eigenvalue weighted by Gasteiger charge is 2.17. The number of halogens is 1. The van der Waals surface area contributed by atoms with E-state index in [1.807, 2.05) is 18.2 Å². The van der Waals surface area contributed by atoms with Gasteiger partial charge in [0.05, 0.1) is 23.4 Å². The van der Waals surface area contributed by atoms with Crippen LogP contribution in [0.5, 0.6) is 5.75 Å². The van der Waals surface area contributed by atoms with Crippen LogP contribution in [0.2, 0.25) is 5.02 Å². The minimum atomic E-state index is 0.507. The van der Waals surface area contributed by atoms with Gasteiger partial charge in [0.15, 0.2) is 5.82 Å². The van der Waals surface area contributed by atoms with Gasteiger partial charge >= 0.3 is 0 Å². The van der Waals surface area contributed by atoms with E-state index in [2.05, 4.69) is 15.5 Å². The third-order valence-electron chi connectivity index (χ3n) is 3.01. The van der Waals surface area contributed by atoms with Crippen LogP contribution in [-0.4, -0.2) is 27.3 Å². The second-order valence-corrected chi connectivity index (χ2v) is 4.73. The van der Waals surface area contributed by atoms with Gasteiger partial charge < -0.3 is 10.5 Å². The van der Waals surface area contributed by atoms with Gasteiger partial charge in [0.2, 0.25) is 0 Å². The molecule has 1 heterocycles. The Morgan fingerprint density at radius 1 is 1.19 bits per heavy atom. The van der Waals surface area contributed by atoms with Gasteiger partial charge in [-0.2, -0.15) is 4.68 Å². The zero-order chi connectivity index (χ0) is 14.8. The average Bonchev–Trinajstić information content (AvgIpc) is 2.96. The van der Waals surface area contributed by atoms with Crippen LogP contribution in [0.3, 0.4) is 0 Å². The van der Waals surface area contributed by atoms with Gasteiger partial charge in [0, 0.05) is 5.69 Å². The molecule has 0 saturated heterocycles. The summed E-state index contributed by atoms with van der Waals surface area (Å²) in [5, 5.41) is 12.3. The molecule has 6 nitrogen and oxygen atoms in total. The molecular formula is C14H12ClN5O. The Bertz CT molecular complexity index is 787. The molecule has 2 aromatic carbocycles. The van der Waals surface area contributed by atoms with E-state index in [-0.39, 0.29) is 0 Å². The Morgan fingerprint density at radius 3 is 2.76 bits per heavy atom. The maximum atomic E-state index is 6.21. The summed E-state index contributed by atoms with van der Waals surface area (Å²) in [6.45, 7) is 0. The number of hydrogen-bond acceptors (Lipinski definition) is 5. The molecule has 21 heavy (non-hydrogen) atoms. The van der Waals surface area contributed by atoms with Crippen molar-refractivity contribution in [1.82, 2.24) is 20.2 Å². The zero-order valence-electron chi connectivity index (χ0n) is 11.2. The molecule has 0 bridgehead atoms. The summed E-state index contributed by atoms with van der Waals surface area (Å²) < 4.78 is 6.90. The Hall–Kier alpha value is -2.60. The summed E-state index contributed by atoms with van der Waals surface area (Å²) >= 11 is 6.21. The van der Waals surface area contributed by atoms with E-state index in [1.54, 1.807) is 36.1 Å². The van der Waals surface area contributed by atoms with Crippen LogP contribution in [0.25, 0.3) is 17.1 Å². The Balaban J connectivity index is 2.21. The number of ether oxygens (including phenoxy) is 1. The van der Waals surface area contributed by atoms with Gasteiger partial charge in [0.1, 0.15) is 5.75 Å². The lowest BCUT2D eigenvalue weighted by molar-refractivity contribution is 0.416. The number of rotatable bonds is 3. The first-order valence-corrected chi connectivity index (χ1v) is 6.55. The van der Waals surface area contributed by atoms with Crippen molar-refractivity contribution in [1.29, 1.82) is 0 Å². The maximum absolute atomic E-state index is 6.21. The summed E-state index contributed by atoms with van der Waals surface area (Å²) in [6, 6.07) is 12.6. The highest BCUT2D eigenvalue weighted by Crippen LogP contribution is 2.32. The number of nitrogen functional groups attached to an aromatic ring is 1. The quantitative estimate of drug-likeness (QED) is 0.752. The van der Waals surface area contributed by atoms with Gasteiger partial charge in [-0.1, -0.05) is 23.7 Å². The molecule has 0 amide bonds. The molecule has 0 atom stereocenters. The number of nitrogens with zero attached hydrogens (tertiary/aromatic N) is 4. The van der Waals surface area contributed by atoms with Crippen LogP contribution in [0, 0.1) is 0 Å². The molecule has 0 aliphatic heterocycles. The normalized spacial score (nSPS) is 10.6. The van der Waals surface area contributed by atoms with E-state index in [4.69, 9.17) is 22.1 Å². The predicted molar refractivity (Wildman–Crippen MR) is 80.6 cm³/mol. The van der Waals surface area contributed by atoms with E-state index in [9.17, 15) is 0 Å². The summed E-state index contributed by atoms with van der Waals surface area (Å²) in [5.74, 6) is 1.14. The molecule has 2 N–H and O–H groups in total. The molecule has 7 heteroatoms. The monoisotopic (exact) mass is 301 g/mol. The van der Waals surface area contributed by atoms with Gasteiger partial charge in [-0.25, -0.2) is 0 Å². The maximum Gasteiger partial charge on any atom is 0.190 e. The predicted octanol–water partition coefficient (Wildman–Crippen LogP) is 2.57. The van der Waals surface area contributed by atoms with Crippen molar-refractivity contribution in [2.24, 2.45) is 0 Å². The number of anilines is 1. The minimum Gasteiger partial charge on any atom is -0.496 e. The third kappa shape index (κ3) is 2.41. The molecule has 0 spiro atoms. The molecule has 3 rings (SSSR count). The van der Waals surface area contributed by atoms with Gasteiger partial charge in [-0.05, 0) is 40.8 Å². The number of para-hydroxylation sites is 1. The van der Waals surface area contributed by atoms with Crippen LogP contribution in [-0.2, 0) is 0 Å². The Labute approximate surface area is 126 Å². The van der Waals surface area contributed by atoms with Crippen LogP contribution in [0.1, 0.15) is 0 Å². The van der Waals surface area contributed by atoms with Gasteiger partial charge in [-0.3, -0.25) is 0 Å². The number of benzene rings is 2. The second-order valence-electron chi connectivity index (χ2n) is 4.33.